The van der Waals surface area contributed by atoms with Gasteiger partial charge >= 0.3 is 17.9 Å². The SMILES string of the molecule is CCCCCCOC1CCC(c2ccc(OCOC(=O)c3cc(NC)cc(N4C(=O)C5C(C4=O)C4C(=O)N(c6cc(C(=O)OCOc7ccncc7)cc(N7C(=O)C8CC(C7=O)C7C9CC(C(=O)N(c%10cc(C(=O)OCOc%11ccc(C(=O)c%12ccccc%12)cc%11)cc(N%11C(=O)CC%12C%13CC(=O)N(c%14ccc(N%15C(=O)C%16CC(C%15=O)C%15C%17CC(C(=O)N(C)C%17=O)C%16%15)cc%14)C(=O)CC%13C%12CC%11=O)c%10)C9=O)C87)c6)C(=O)C54)c3)cc2)CC1. The van der Waals surface area contributed by atoms with Crippen LogP contribution in [0.4, 0.5) is 45.5 Å². The van der Waals surface area contributed by atoms with Crippen LogP contribution in [-0.2, 0) is 95.7 Å². The number of fused-ring (bicyclic) bond motifs is 26. The molecule has 762 valence electrons. The first-order valence-electron chi connectivity index (χ1n) is 50.9. The molecule has 8 aliphatic heterocycles. The Hall–Kier alpha value is -16.0. The first-order valence-corrected chi connectivity index (χ1v) is 50.9. The van der Waals surface area contributed by atoms with Gasteiger partial charge in [0.05, 0.1) is 86.3 Å². The van der Waals surface area contributed by atoms with E-state index in [1.165, 1.54) is 124 Å². The molecule has 0 spiro atoms. The highest BCUT2D eigenvalue weighted by Crippen LogP contribution is 2.66. The molecule has 0 radical (unpaired) electrons. The third-order valence-electron chi connectivity index (χ3n) is 34.4. The van der Waals surface area contributed by atoms with Crippen molar-refractivity contribution in [1.29, 1.82) is 0 Å². The van der Waals surface area contributed by atoms with Gasteiger partial charge in [0.2, 0.25) is 115 Å². The van der Waals surface area contributed by atoms with Crippen molar-refractivity contribution < 1.29 is 129 Å². The van der Waals surface area contributed by atoms with Crippen LogP contribution in [0.5, 0.6) is 17.2 Å². The highest BCUT2D eigenvalue weighted by molar-refractivity contribution is 6.33. The van der Waals surface area contributed by atoms with E-state index in [2.05, 4.69) is 17.2 Å². The lowest BCUT2D eigenvalue weighted by Gasteiger charge is -2.49. The summed E-state index contributed by atoms with van der Waals surface area (Å²) in [6, 6.07) is 41.9. The number of nitrogens with zero attached hydrogens (tertiary/aromatic N) is 9. The van der Waals surface area contributed by atoms with E-state index in [1.54, 1.807) is 37.4 Å². The van der Waals surface area contributed by atoms with Crippen molar-refractivity contribution in [1.82, 2.24) is 9.88 Å². The largest absolute Gasteiger partial charge is 0.457 e. The van der Waals surface area contributed by atoms with Gasteiger partial charge in [-0.2, -0.15) is 0 Å². The second-order valence-electron chi connectivity index (χ2n) is 41.7. The number of aromatic nitrogens is 1. The van der Waals surface area contributed by atoms with E-state index in [0.29, 0.717) is 27.7 Å². The van der Waals surface area contributed by atoms with Crippen LogP contribution >= 0.6 is 0 Å². The lowest BCUT2D eigenvalue weighted by atomic mass is 9.53. The molecule has 9 heterocycles. The maximum absolute atomic E-state index is 15.8. The lowest BCUT2D eigenvalue weighted by Crippen LogP contribution is -2.52. The third kappa shape index (κ3) is 16.2. The van der Waals surface area contributed by atoms with Gasteiger partial charge in [-0.3, -0.25) is 106 Å². The van der Waals surface area contributed by atoms with Crippen molar-refractivity contribution in [3.8, 4) is 17.2 Å². The van der Waals surface area contributed by atoms with E-state index in [9.17, 15) is 57.5 Å². The fourth-order valence-electron chi connectivity index (χ4n) is 27.6. The molecule has 23 rings (SSSR count). The molecule has 16 amide bonds. The second-order valence-corrected chi connectivity index (χ2v) is 41.7. The minimum atomic E-state index is -1.46. The molecule has 15 aliphatic rings. The number of rotatable bonds is 29. The zero-order valence-electron chi connectivity index (χ0n) is 81.2. The Balaban J connectivity index is 0.486. The predicted molar refractivity (Wildman–Crippen MR) is 522 cm³/mol. The van der Waals surface area contributed by atoms with Crippen molar-refractivity contribution in [2.45, 2.75) is 122 Å². The molecule has 1 aromatic heterocycles. The van der Waals surface area contributed by atoms with Crippen LogP contribution in [0.2, 0.25) is 0 Å². The number of imide groups is 8. The molecule has 20 unspecified atom stereocenters. The van der Waals surface area contributed by atoms with Gasteiger partial charge in [-0.1, -0.05) is 68.7 Å². The van der Waals surface area contributed by atoms with Crippen LogP contribution in [0, 0.1) is 118 Å². The number of ketones is 1. The Labute approximate surface area is 851 Å². The molecule has 7 aromatic carbocycles. The number of likely N-dealkylation sites (tertiary alicyclic amines) is 1. The fraction of sp³-hybridized carbons (Fsp3) is 0.402. The summed E-state index contributed by atoms with van der Waals surface area (Å²) in [6.07, 6.45) is 10.6. The van der Waals surface area contributed by atoms with Crippen molar-refractivity contribution in [3.63, 3.8) is 0 Å². The van der Waals surface area contributed by atoms with Crippen LogP contribution in [0.25, 0.3) is 0 Å². The van der Waals surface area contributed by atoms with Crippen LogP contribution in [0.15, 0.2) is 182 Å². The quantitative estimate of drug-likeness (QED) is 0.00865. The number of piperidine rings is 4. The molecule has 37 nitrogen and oxygen atoms in total. The molecule has 20 atom stereocenters. The Kier molecular flexibility index (Phi) is 24.7. The van der Waals surface area contributed by atoms with Crippen molar-refractivity contribution >= 4 is 164 Å². The number of anilines is 8. The summed E-state index contributed by atoms with van der Waals surface area (Å²) >= 11 is 0. The lowest BCUT2D eigenvalue weighted by molar-refractivity contribution is -0.153. The summed E-state index contributed by atoms with van der Waals surface area (Å²) < 4.78 is 40.3. The van der Waals surface area contributed by atoms with E-state index < -0.39 is 250 Å². The number of carbonyl (C=O) groups excluding carboxylic acids is 20. The van der Waals surface area contributed by atoms with Gasteiger partial charge in [-0.05, 0) is 244 Å². The first kappa shape index (κ1) is 96.5. The van der Waals surface area contributed by atoms with Crippen LogP contribution < -0.4 is 53.8 Å². The van der Waals surface area contributed by atoms with E-state index in [4.69, 9.17) is 33.2 Å². The number of hydrogen-bond donors (Lipinski definition) is 1. The molecule has 37 heteroatoms. The van der Waals surface area contributed by atoms with Crippen molar-refractivity contribution in [2.24, 2.45) is 118 Å². The Morgan fingerprint density at radius 1 is 0.336 bits per heavy atom. The van der Waals surface area contributed by atoms with Gasteiger partial charge in [0.25, 0.3) is 0 Å². The van der Waals surface area contributed by atoms with E-state index in [0.717, 1.165) is 109 Å². The normalized spacial score (nSPS) is 29.3. The molecule has 1 N–H and O–H groups in total. The summed E-state index contributed by atoms with van der Waals surface area (Å²) in [5, 5.41) is 2.93. The summed E-state index contributed by atoms with van der Waals surface area (Å²) in [6.45, 7) is 0.980. The maximum atomic E-state index is 15.8. The van der Waals surface area contributed by atoms with Crippen LogP contribution in [0.3, 0.4) is 0 Å². The molecular weight excluding hydrogens is 1920 g/mol. The number of carbonyl (C=O) groups is 20. The molecule has 149 heavy (non-hydrogen) atoms. The zero-order valence-corrected chi connectivity index (χ0v) is 81.2. The van der Waals surface area contributed by atoms with Crippen molar-refractivity contribution in [2.75, 3.05) is 80.7 Å². The van der Waals surface area contributed by atoms with E-state index in [1.807, 2.05) is 24.3 Å². The van der Waals surface area contributed by atoms with Gasteiger partial charge in [-0.25, -0.2) is 34.0 Å². The first-order chi connectivity index (χ1) is 72.0. The second kappa shape index (κ2) is 38.1. The summed E-state index contributed by atoms with van der Waals surface area (Å²) in [5.41, 5.74) is 0.140. The minimum Gasteiger partial charge on any atom is -0.457 e. The predicted octanol–water partition coefficient (Wildman–Crippen LogP) is 11.3. The topological polar surface area (TPSA) is 457 Å². The molecule has 7 saturated carbocycles. The van der Waals surface area contributed by atoms with E-state index >= 15 is 38.4 Å². The number of pyridine rings is 1. The fourth-order valence-corrected chi connectivity index (χ4v) is 27.6. The molecule has 8 bridgehead atoms. The standard InChI is InChI=1S/C112H102N10O27/c1-4-5-6-10-33-143-69-23-13-54(14-24-69)55-15-25-70(26-16-55)144-51-147-110(140)58-34-61(113-2)40-64(35-58)121-106(136)93-94(107(121)137)96-95(93)108(138)122(109(96)139)68-39-60(112(142)149-53-146-72-29-31-114-32-30-72)38-67(42-68)120-104(134)83-46-84(105(120)135)92-82-45-81(91(83)92)102(132)119(103(82)133)66-37-59(111(141)148-52-145-71-27-17-57(18-28-71)97(127)56-11-8-7-9-12-56)36-65(41-66)117-87(125)49-75-73-47-85(123)116(86(124)48-74(73)76(75)50-88(117)126)62-19-21-63(22-20-62)118-100(130)79-44-80(101(118)131)90-78-43-77(89(79)90)98(128)115(3)99(78)129/h7-9,11-12,15-22,25-32,34-42,54,69,73-84,89-96,113H,4-6,10,13-14,23-24,33,43-53H2,1-3H3. The highest BCUT2D eigenvalue weighted by atomic mass is 16.7. The van der Waals surface area contributed by atoms with Crippen molar-refractivity contribution in [3.05, 3.63) is 216 Å². The average molecular weight is 2020 g/mol. The number of amides is 16. The number of benzene rings is 7. The van der Waals surface area contributed by atoms with Gasteiger partial charge < -0.3 is 38.5 Å². The summed E-state index contributed by atoms with van der Waals surface area (Å²) in [4.78, 5) is 306. The van der Waals surface area contributed by atoms with Gasteiger partial charge in [0, 0.05) is 123 Å². The summed E-state index contributed by atoms with van der Waals surface area (Å²) in [7, 11) is 2.97. The Morgan fingerprint density at radius 2 is 0.671 bits per heavy atom. The number of ether oxygens (including phenoxy) is 7. The molecule has 7 aliphatic carbocycles. The smallest absolute Gasteiger partial charge is 0.341 e. The number of hydrogen-bond acceptors (Lipinski definition) is 29. The molecule has 15 fully saturated rings. The van der Waals surface area contributed by atoms with Gasteiger partial charge in [-0.15, -0.1) is 0 Å². The molecular formula is C112H102N10O27. The highest BCUT2D eigenvalue weighted by Gasteiger charge is 2.75. The number of nitrogens with one attached hydrogen (secondary N) is 1. The van der Waals surface area contributed by atoms with E-state index in [-0.39, 0.29) is 138 Å². The number of unbranched alkanes of at least 4 members (excludes halogenated alkanes) is 3. The molecule has 8 aromatic rings. The molecule has 8 saturated heterocycles. The Bertz CT molecular complexity index is 6900. The van der Waals surface area contributed by atoms with Crippen LogP contribution in [-0.4, -0.2) is 175 Å². The Morgan fingerprint density at radius 3 is 1.07 bits per heavy atom. The third-order valence-corrected chi connectivity index (χ3v) is 34.4. The average Bonchev–Trinajstić information content (AvgIpc) is 1.60. The monoisotopic (exact) mass is 2020 g/mol. The van der Waals surface area contributed by atoms with Gasteiger partial charge in [0.1, 0.15) is 17.2 Å². The zero-order chi connectivity index (χ0) is 103. The summed E-state index contributed by atoms with van der Waals surface area (Å²) in [5.74, 6) is -32.9. The van der Waals surface area contributed by atoms with Crippen LogP contribution in [0.1, 0.15) is 168 Å². The maximum Gasteiger partial charge on any atom is 0.341 e. The minimum absolute atomic E-state index is 0.0725. The number of esters is 3. The van der Waals surface area contributed by atoms with Gasteiger partial charge in [0.15, 0.2) is 5.78 Å².